The first-order chi connectivity index (χ1) is 6.89. The molecule has 3 N–H and O–H groups in total. The van der Waals surface area contributed by atoms with Gasteiger partial charge in [0.1, 0.15) is 6.54 Å². The number of aliphatic hydroxyl groups is 1. The number of aliphatic hydroxyl groups excluding tert-OH is 1. The van der Waals surface area contributed by atoms with Crippen molar-refractivity contribution in [1.29, 1.82) is 0 Å². The van der Waals surface area contributed by atoms with E-state index in [1.807, 2.05) is 0 Å². The summed E-state index contributed by atoms with van der Waals surface area (Å²) in [6.07, 6.45) is -4.45. The first kappa shape index (κ1) is 14.0. The number of methoxy groups -OCH3 is 1. The Bertz CT molecular complexity index is 198. The number of ether oxygens (including phenoxy) is 1. The van der Waals surface area contributed by atoms with Crippen molar-refractivity contribution < 1.29 is 27.8 Å². The molecule has 2 amide bonds. The zero-order chi connectivity index (χ0) is 11.9. The number of hydrogen-bond donors (Lipinski definition) is 3. The van der Waals surface area contributed by atoms with Gasteiger partial charge in [0.25, 0.3) is 0 Å². The molecule has 0 radical (unpaired) electrons. The Hall–Kier alpha value is -1.02. The molecule has 0 rings (SSSR count). The SMILES string of the molecule is COCC(CO)NC(=O)NCC(F)(F)F. The van der Waals surface area contributed by atoms with Crippen LogP contribution < -0.4 is 10.6 Å². The number of nitrogens with one attached hydrogen (secondary N) is 2. The summed E-state index contributed by atoms with van der Waals surface area (Å²) >= 11 is 0. The van der Waals surface area contributed by atoms with Crippen LogP contribution in [0.15, 0.2) is 0 Å². The average molecular weight is 230 g/mol. The summed E-state index contributed by atoms with van der Waals surface area (Å²) in [5.74, 6) is 0. The molecule has 1 atom stereocenters. The topological polar surface area (TPSA) is 70.6 Å². The number of urea groups is 1. The van der Waals surface area contributed by atoms with Gasteiger partial charge in [-0.25, -0.2) is 4.79 Å². The van der Waals surface area contributed by atoms with E-state index in [4.69, 9.17) is 5.11 Å². The number of carbonyl (C=O) groups excluding carboxylic acids is 1. The van der Waals surface area contributed by atoms with Gasteiger partial charge in [0, 0.05) is 7.11 Å². The van der Waals surface area contributed by atoms with Crippen LogP contribution >= 0.6 is 0 Å². The molecule has 0 saturated heterocycles. The normalized spacial score (nSPS) is 13.4. The maximum absolute atomic E-state index is 11.7. The minimum Gasteiger partial charge on any atom is -0.394 e. The van der Waals surface area contributed by atoms with E-state index >= 15 is 0 Å². The number of halogens is 3. The lowest BCUT2D eigenvalue weighted by Crippen LogP contribution is -2.48. The van der Waals surface area contributed by atoms with Crippen LogP contribution in [0, 0.1) is 0 Å². The van der Waals surface area contributed by atoms with E-state index in [0.717, 1.165) is 0 Å². The second-order valence-electron chi connectivity index (χ2n) is 2.78. The number of rotatable bonds is 5. The maximum Gasteiger partial charge on any atom is 0.405 e. The summed E-state index contributed by atoms with van der Waals surface area (Å²) in [6, 6.07) is -1.72. The van der Waals surface area contributed by atoms with Crippen molar-refractivity contribution in [3.05, 3.63) is 0 Å². The minimum atomic E-state index is -4.45. The second-order valence-corrected chi connectivity index (χ2v) is 2.78. The smallest absolute Gasteiger partial charge is 0.394 e. The monoisotopic (exact) mass is 230 g/mol. The molecule has 0 saturated carbocycles. The Kier molecular flexibility index (Phi) is 6.02. The van der Waals surface area contributed by atoms with Crippen LogP contribution in [0.3, 0.4) is 0 Å². The maximum atomic E-state index is 11.7. The molecule has 0 aliphatic carbocycles. The zero-order valence-corrected chi connectivity index (χ0v) is 8.10. The number of amides is 2. The van der Waals surface area contributed by atoms with Gasteiger partial charge >= 0.3 is 12.2 Å². The number of alkyl halides is 3. The Labute approximate surface area is 84.6 Å². The summed E-state index contributed by atoms with van der Waals surface area (Å²) in [5, 5.41) is 12.4. The van der Waals surface area contributed by atoms with Crippen LogP contribution in [0.1, 0.15) is 0 Å². The molecule has 15 heavy (non-hydrogen) atoms. The van der Waals surface area contributed by atoms with Crippen molar-refractivity contribution in [1.82, 2.24) is 10.6 Å². The molecule has 0 aliphatic rings. The van der Waals surface area contributed by atoms with Gasteiger partial charge in [-0.3, -0.25) is 0 Å². The van der Waals surface area contributed by atoms with E-state index < -0.39 is 31.4 Å². The van der Waals surface area contributed by atoms with Gasteiger partial charge in [-0.2, -0.15) is 13.2 Å². The van der Waals surface area contributed by atoms with E-state index in [9.17, 15) is 18.0 Å². The highest BCUT2D eigenvalue weighted by atomic mass is 19.4. The average Bonchev–Trinajstić information content (AvgIpc) is 2.13. The van der Waals surface area contributed by atoms with E-state index in [0.29, 0.717) is 0 Å². The molecule has 0 fully saturated rings. The first-order valence-electron chi connectivity index (χ1n) is 4.10. The Morgan fingerprint density at radius 1 is 1.53 bits per heavy atom. The lowest BCUT2D eigenvalue weighted by molar-refractivity contribution is -0.122. The molecule has 0 aromatic heterocycles. The Morgan fingerprint density at radius 3 is 2.53 bits per heavy atom. The Balaban J connectivity index is 3.81. The van der Waals surface area contributed by atoms with Crippen molar-refractivity contribution in [2.75, 3.05) is 26.9 Å². The number of hydrogen-bond acceptors (Lipinski definition) is 3. The highest BCUT2D eigenvalue weighted by Gasteiger charge is 2.27. The molecular weight excluding hydrogens is 217 g/mol. The van der Waals surface area contributed by atoms with Crippen molar-refractivity contribution in [2.45, 2.75) is 12.2 Å². The predicted molar refractivity (Wildman–Crippen MR) is 45.3 cm³/mol. The summed E-state index contributed by atoms with van der Waals surface area (Å²) in [6.45, 7) is -1.80. The standard InChI is InChI=1S/C7H13F3N2O3/c1-15-3-5(2-13)12-6(14)11-4-7(8,9)10/h5,13H,2-4H2,1H3,(H2,11,12,14). The van der Waals surface area contributed by atoms with Gasteiger partial charge < -0.3 is 20.5 Å². The molecule has 90 valence electrons. The molecule has 0 aromatic carbocycles. The van der Waals surface area contributed by atoms with Crippen LogP contribution in [-0.2, 0) is 4.74 Å². The lowest BCUT2D eigenvalue weighted by Gasteiger charge is -2.16. The second kappa shape index (κ2) is 6.46. The van der Waals surface area contributed by atoms with Crippen LogP contribution in [0.4, 0.5) is 18.0 Å². The third-order valence-corrected chi connectivity index (χ3v) is 1.37. The van der Waals surface area contributed by atoms with Gasteiger partial charge in [0.15, 0.2) is 0 Å². The summed E-state index contributed by atoms with van der Waals surface area (Å²) < 4.78 is 39.6. The summed E-state index contributed by atoms with van der Waals surface area (Å²) in [7, 11) is 1.35. The van der Waals surface area contributed by atoms with Crippen LogP contribution in [0.2, 0.25) is 0 Å². The quantitative estimate of drug-likeness (QED) is 0.615. The zero-order valence-electron chi connectivity index (χ0n) is 8.10. The van der Waals surface area contributed by atoms with Gasteiger partial charge in [0.05, 0.1) is 19.3 Å². The minimum absolute atomic E-state index is 0.0237. The fourth-order valence-corrected chi connectivity index (χ4v) is 0.758. The molecule has 0 spiro atoms. The summed E-state index contributed by atoms with van der Waals surface area (Å²) in [4.78, 5) is 10.8. The molecular formula is C7H13F3N2O3. The lowest BCUT2D eigenvalue weighted by atomic mass is 10.3. The van der Waals surface area contributed by atoms with Crippen molar-refractivity contribution >= 4 is 6.03 Å². The third kappa shape index (κ3) is 8.01. The molecule has 1 unspecified atom stereocenters. The number of carbonyl (C=O) groups is 1. The van der Waals surface area contributed by atoms with Crippen molar-refractivity contribution in [3.8, 4) is 0 Å². The van der Waals surface area contributed by atoms with Gasteiger partial charge in [-0.1, -0.05) is 0 Å². The fourth-order valence-electron chi connectivity index (χ4n) is 0.758. The summed E-state index contributed by atoms with van der Waals surface area (Å²) in [5.41, 5.74) is 0. The van der Waals surface area contributed by atoms with E-state index in [1.165, 1.54) is 7.11 Å². The molecule has 5 nitrogen and oxygen atoms in total. The van der Waals surface area contributed by atoms with E-state index in [1.54, 1.807) is 5.32 Å². The van der Waals surface area contributed by atoms with Gasteiger partial charge in [-0.05, 0) is 0 Å². The van der Waals surface area contributed by atoms with E-state index in [-0.39, 0.29) is 6.61 Å². The molecule has 0 bridgehead atoms. The van der Waals surface area contributed by atoms with Crippen molar-refractivity contribution in [2.24, 2.45) is 0 Å². The van der Waals surface area contributed by atoms with Crippen LogP contribution in [0.25, 0.3) is 0 Å². The Morgan fingerprint density at radius 2 is 2.13 bits per heavy atom. The molecule has 0 heterocycles. The first-order valence-corrected chi connectivity index (χ1v) is 4.10. The highest BCUT2D eigenvalue weighted by molar-refractivity contribution is 5.74. The fraction of sp³-hybridized carbons (Fsp3) is 0.857. The van der Waals surface area contributed by atoms with Gasteiger partial charge in [0.2, 0.25) is 0 Å². The van der Waals surface area contributed by atoms with Crippen molar-refractivity contribution in [3.63, 3.8) is 0 Å². The van der Waals surface area contributed by atoms with Gasteiger partial charge in [-0.15, -0.1) is 0 Å². The van der Waals surface area contributed by atoms with Crippen LogP contribution in [-0.4, -0.2) is 50.2 Å². The molecule has 0 aromatic rings. The largest absolute Gasteiger partial charge is 0.405 e. The third-order valence-electron chi connectivity index (χ3n) is 1.37. The predicted octanol–water partition coefficient (Wildman–Crippen LogP) is -0.145. The highest BCUT2D eigenvalue weighted by Crippen LogP contribution is 2.11. The molecule has 8 heteroatoms. The van der Waals surface area contributed by atoms with E-state index in [2.05, 4.69) is 10.1 Å². The molecule has 0 aliphatic heterocycles. The van der Waals surface area contributed by atoms with Crippen LogP contribution in [0.5, 0.6) is 0 Å².